The Morgan fingerprint density at radius 1 is 1.16 bits per heavy atom. The zero-order valence-corrected chi connectivity index (χ0v) is 18.8. The van der Waals surface area contributed by atoms with Gasteiger partial charge in [0.25, 0.3) is 0 Å². The van der Waals surface area contributed by atoms with E-state index in [9.17, 15) is 8.42 Å². The Balaban J connectivity index is 1.61. The molecule has 1 saturated heterocycles. The van der Waals surface area contributed by atoms with Crippen LogP contribution in [0.2, 0.25) is 0 Å². The van der Waals surface area contributed by atoms with Crippen LogP contribution in [0.5, 0.6) is 0 Å². The minimum absolute atomic E-state index is 0.123. The Labute approximate surface area is 186 Å². The average molecular weight is 452 g/mol. The highest BCUT2D eigenvalue weighted by Crippen LogP contribution is 2.29. The molecule has 166 valence electrons. The molecule has 5 rings (SSSR count). The number of hydrogen-bond acceptors (Lipinski definition) is 7. The van der Waals surface area contributed by atoms with Gasteiger partial charge in [-0.1, -0.05) is 43.3 Å². The molecular weight excluding hydrogens is 426 g/mol. The van der Waals surface area contributed by atoms with Gasteiger partial charge in [-0.2, -0.15) is 4.52 Å². The van der Waals surface area contributed by atoms with Crippen molar-refractivity contribution in [3.63, 3.8) is 0 Å². The number of nitrogens with zero attached hydrogens (tertiary/aromatic N) is 4. The van der Waals surface area contributed by atoms with Crippen molar-refractivity contribution in [3.8, 4) is 0 Å². The van der Waals surface area contributed by atoms with Crippen LogP contribution in [0, 0.1) is 0 Å². The molecule has 0 saturated carbocycles. The standard InChI is InChI=1S/C23H25N5O3S/c1-15(2)16-9-11-18(12-10-16)32(29,30)23-22-25-21(24-14-17-6-5-13-31-17)19-7-3-4-8-20(19)28(22)27-26-23/h3-4,7-12,15,17H,5-6,13-14H2,1-2H3,(H,24,25)/t17-/m0/s1. The van der Waals surface area contributed by atoms with Gasteiger partial charge in [0.1, 0.15) is 5.82 Å². The van der Waals surface area contributed by atoms with Crippen molar-refractivity contribution in [2.24, 2.45) is 0 Å². The van der Waals surface area contributed by atoms with Crippen molar-refractivity contribution < 1.29 is 13.2 Å². The maximum Gasteiger partial charge on any atom is 0.229 e. The topological polar surface area (TPSA) is 98.5 Å². The fraction of sp³-hybridized carbons (Fsp3) is 0.348. The van der Waals surface area contributed by atoms with Crippen LogP contribution in [0.1, 0.15) is 38.2 Å². The molecule has 2 aromatic heterocycles. The monoisotopic (exact) mass is 451 g/mol. The molecule has 0 unspecified atom stereocenters. The number of para-hydroxylation sites is 1. The molecule has 8 nitrogen and oxygen atoms in total. The Hall–Kier alpha value is -3.04. The molecule has 1 aliphatic heterocycles. The van der Waals surface area contributed by atoms with Crippen molar-refractivity contribution in [1.82, 2.24) is 19.8 Å². The Kier molecular flexibility index (Phi) is 5.30. The van der Waals surface area contributed by atoms with E-state index in [0.717, 1.165) is 35.9 Å². The van der Waals surface area contributed by atoms with Crippen LogP contribution < -0.4 is 5.32 Å². The normalized spacial score (nSPS) is 16.9. The van der Waals surface area contributed by atoms with E-state index in [0.29, 0.717) is 18.3 Å². The molecule has 1 fully saturated rings. The van der Waals surface area contributed by atoms with Gasteiger partial charge in [-0.15, -0.1) is 5.10 Å². The minimum atomic E-state index is -3.89. The third-order valence-electron chi connectivity index (χ3n) is 5.85. The predicted molar refractivity (Wildman–Crippen MR) is 122 cm³/mol. The first kappa shape index (κ1) is 20.8. The van der Waals surface area contributed by atoms with Crippen molar-refractivity contribution in [2.75, 3.05) is 18.5 Å². The molecule has 0 aliphatic carbocycles. The van der Waals surface area contributed by atoms with Gasteiger partial charge in [-0.05, 0) is 48.6 Å². The zero-order chi connectivity index (χ0) is 22.3. The van der Waals surface area contributed by atoms with Crippen LogP contribution in [0.4, 0.5) is 5.82 Å². The number of hydrogen-bond donors (Lipinski definition) is 1. The number of benzene rings is 2. The highest BCUT2D eigenvalue weighted by molar-refractivity contribution is 7.91. The van der Waals surface area contributed by atoms with Crippen LogP contribution in [0.25, 0.3) is 16.6 Å². The van der Waals surface area contributed by atoms with Gasteiger partial charge >= 0.3 is 0 Å². The van der Waals surface area contributed by atoms with Crippen molar-refractivity contribution in [3.05, 3.63) is 54.1 Å². The van der Waals surface area contributed by atoms with E-state index in [1.165, 1.54) is 4.52 Å². The summed E-state index contributed by atoms with van der Waals surface area (Å²) in [7, 11) is -3.89. The van der Waals surface area contributed by atoms with Gasteiger partial charge in [0.2, 0.25) is 14.9 Å². The second-order valence-corrected chi connectivity index (χ2v) is 10.2. The van der Waals surface area contributed by atoms with Gasteiger partial charge in [0.05, 0.1) is 16.5 Å². The van der Waals surface area contributed by atoms with Crippen LogP contribution in [-0.2, 0) is 14.6 Å². The van der Waals surface area contributed by atoms with E-state index in [2.05, 4.69) is 34.5 Å². The van der Waals surface area contributed by atoms with Crippen LogP contribution in [0.3, 0.4) is 0 Å². The van der Waals surface area contributed by atoms with E-state index in [1.807, 2.05) is 36.4 Å². The van der Waals surface area contributed by atoms with E-state index < -0.39 is 9.84 Å². The number of nitrogens with one attached hydrogen (secondary N) is 1. The predicted octanol–water partition coefficient (Wildman–Crippen LogP) is 3.82. The van der Waals surface area contributed by atoms with Crippen molar-refractivity contribution >= 4 is 32.2 Å². The summed E-state index contributed by atoms with van der Waals surface area (Å²) >= 11 is 0. The lowest BCUT2D eigenvalue weighted by Gasteiger charge is -2.13. The lowest BCUT2D eigenvalue weighted by Crippen LogP contribution is -2.19. The molecule has 32 heavy (non-hydrogen) atoms. The summed E-state index contributed by atoms with van der Waals surface area (Å²) in [6, 6.07) is 14.5. The zero-order valence-electron chi connectivity index (χ0n) is 18.0. The molecular formula is C23H25N5O3S. The minimum Gasteiger partial charge on any atom is -0.376 e. The second kappa shape index (κ2) is 8.14. The molecule has 0 radical (unpaired) electrons. The second-order valence-electron chi connectivity index (χ2n) is 8.35. The van der Waals surface area contributed by atoms with Gasteiger partial charge in [0, 0.05) is 18.5 Å². The molecule has 0 amide bonds. The molecule has 1 aliphatic rings. The van der Waals surface area contributed by atoms with E-state index >= 15 is 0 Å². The summed E-state index contributed by atoms with van der Waals surface area (Å²) in [6.45, 7) is 5.50. The largest absolute Gasteiger partial charge is 0.376 e. The number of fused-ring (bicyclic) bond motifs is 3. The van der Waals surface area contributed by atoms with Crippen molar-refractivity contribution in [2.45, 2.75) is 48.6 Å². The van der Waals surface area contributed by atoms with Gasteiger partial charge < -0.3 is 10.1 Å². The van der Waals surface area contributed by atoms with Crippen molar-refractivity contribution in [1.29, 1.82) is 0 Å². The summed E-state index contributed by atoms with van der Waals surface area (Å²) < 4.78 is 34.0. The third kappa shape index (κ3) is 3.61. The van der Waals surface area contributed by atoms with E-state index in [1.54, 1.807) is 12.1 Å². The fourth-order valence-electron chi connectivity index (χ4n) is 4.01. The number of rotatable bonds is 6. The molecule has 1 N–H and O–H groups in total. The summed E-state index contributed by atoms with van der Waals surface area (Å²) in [5.74, 6) is 0.907. The number of anilines is 1. The van der Waals surface area contributed by atoms with Crippen LogP contribution >= 0.6 is 0 Å². The highest BCUT2D eigenvalue weighted by atomic mass is 32.2. The number of sulfone groups is 1. The molecule has 1 atom stereocenters. The third-order valence-corrected chi connectivity index (χ3v) is 7.52. The van der Waals surface area contributed by atoms with Gasteiger partial charge in [-0.3, -0.25) is 0 Å². The molecule has 0 spiro atoms. The summed E-state index contributed by atoms with van der Waals surface area (Å²) in [5.41, 5.74) is 2.00. The lowest BCUT2D eigenvalue weighted by molar-refractivity contribution is 0.120. The van der Waals surface area contributed by atoms with Crippen LogP contribution in [-0.4, -0.2) is 47.5 Å². The van der Waals surface area contributed by atoms with E-state index in [-0.39, 0.29) is 21.7 Å². The van der Waals surface area contributed by atoms with Crippen LogP contribution in [0.15, 0.2) is 58.5 Å². The lowest BCUT2D eigenvalue weighted by atomic mass is 10.0. The Morgan fingerprint density at radius 2 is 1.94 bits per heavy atom. The maximum atomic E-state index is 13.4. The summed E-state index contributed by atoms with van der Waals surface area (Å²) in [5, 5.41) is 12.2. The molecule has 4 aromatic rings. The molecule has 9 heteroatoms. The Morgan fingerprint density at radius 3 is 2.66 bits per heavy atom. The van der Waals surface area contributed by atoms with Gasteiger partial charge in [-0.25, -0.2) is 13.4 Å². The first-order valence-electron chi connectivity index (χ1n) is 10.8. The average Bonchev–Trinajstić information content (AvgIpc) is 3.47. The first-order valence-corrected chi connectivity index (χ1v) is 12.3. The first-order chi connectivity index (χ1) is 15.4. The van der Waals surface area contributed by atoms with Gasteiger partial charge in [0.15, 0.2) is 5.65 Å². The summed E-state index contributed by atoms with van der Waals surface area (Å²) in [4.78, 5) is 4.83. The van der Waals surface area contributed by atoms with E-state index in [4.69, 9.17) is 4.74 Å². The highest BCUT2D eigenvalue weighted by Gasteiger charge is 2.27. The maximum absolute atomic E-state index is 13.4. The molecule has 2 aromatic carbocycles. The Bertz CT molecular complexity index is 1370. The fourth-order valence-corrected chi connectivity index (χ4v) is 5.25. The smallest absolute Gasteiger partial charge is 0.229 e. The number of aromatic nitrogens is 4. The SMILES string of the molecule is CC(C)c1ccc(S(=O)(=O)c2nnn3c2nc(NC[C@@H]2CCCO2)c2ccccc23)cc1. The molecule has 3 heterocycles. The summed E-state index contributed by atoms with van der Waals surface area (Å²) in [6.07, 6.45) is 2.16. The molecule has 0 bridgehead atoms. The number of ether oxygens (including phenoxy) is 1. The quantitative estimate of drug-likeness (QED) is 0.476.